The van der Waals surface area contributed by atoms with E-state index < -0.39 is 6.04 Å². The fraction of sp³-hybridized carbons (Fsp3) is 0.323. The molecule has 0 bridgehead atoms. The molecule has 1 aliphatic rings. The van der Waals surface area contributed by atoms with Crippen LogP contribution in [0.5, 0.6) is 11.5 Å². The quantitative estimate of drug-likeness (QED) is 0.251. The van der Waals surface area contributed by atoms with E-state index in [0.717, 1.165) is 35.1 Å². The van der Waals surface area contributed by atoms with Gasteiger partial charge in [0.1, 0.15) is 5.58 Å². The van der Waals surface area contributed by atoms with Gasteiger partial charge in [-0.3, -0.25) is 14.6 Å². The Balaban J connectivity index is 1.69. The fourth-order valence-electron chi connectivity index (χ4n) is 5.08. The molecule has 2 aromatic heterocycles. The van der Waals surface area contributed by atoms with Gasteiger partial charge in [0.2, 0.25) is 5.76 Å². The molecule has 0 saturated carbocycles. The molecule has 1 amide bonds. The van der Waals surface area contributed by atoms with Crippen molar-refractivity contribution in [3.8, 4) is 11.5 Å². The highest BCUT2D eigenvalue weighted by Gasteiger charge is 2.43. The maximum absolute atomic E-state index is 14.0. The smallest absolute Gasteiger partial charge is 0.291 e. The molecule has 0 N–H and O–H groups in total. The monoisotopic (exact) mass is 512 g/mol. The summed E-state index contributed by atoms with van der Waals surface area (Å²) in [6, 6.07) is 12.5. The summed E-state index contributed by atoms with van der Waals surface area (Å²) in [6.07, 6.45) is 5.37. The highest BCUT2D eigenvalue weighted by atomic mass is 16.5. The topological polar surface area (TPSA) is 81.9 Å². The number of unbranched alkanes of at least 4 members (excludes halogenated alkanes) is 1. The summed E-state index contributed by atoms with van der Waals surface area (Å²) < 4.78 is 18.1. The molecule has 2 aromatic carbocycles. The first-order valence-corrected chi connectivity index (χ1v) is 13.1. The number of carbonyl (C=O) groups is 1. The van der Waals surface area contributed by atoms with Crippen molar-refractivity contribution < 1.29 is 18.7 Å². The first-order valence-electron chi connectivity index (χ1n) is 13.1. The molecule has 1 atom stereocenters. The highest BCUT2D eigenvalue weighted by molar-refractivity contribution is 5.99. The Morgan fingerprint density at radius 1 is 1.03 bits per heavy atom. The molecule has 0 fully saturated rings. The number of pyridine rings is 1. The Morgan fingerprint density at radius 2 is 1.87 bits per heavy atom. The number of ether oxygens (including phenoxy) is 2. The van der Waals surface area contributed by atoms with Gasteiger partial charge in [-0.15, -0.1) is 0 Å². The second-order valence-corrected chi connectivity index (χ2v) is 9.67. The molecule has 0 saturated heterocycles. The molecule has 196 valence electrons. The van der Waals surface area contributed by atoms with Gasteiger partial charge in [-0.25, -0.2) is 0 Å². The third-order valence-corrected chi connectivity index (χ3v) is 6.81. The Kier molecular flexibility index (Phi) is 7.18. The number of aryl methyl sites for hydroxylation is 2. The number of fused-ring (bicyclic) bond motifs is 2. The van der Waals surface area contributed by atoms with Gasteiger partial charge in [0, 0.05) is 18.9 Å². The van der Waals surface area contributed by atoms with E-state index in [4.69, 9.17) is 13.9 Å². The zero-order valence-electron chi connectivity index (χ0n) is 22.2. The van der Waals surface area contributed by atoms with Crippen molar-refractivity contribution in [2.45, 2.75) is 53.1 Å². The van der Waals surface area contributed by atoms with Crippen LogP contribution in [-0.2, 0) is 6.54 Å². The van der Waals surface area contributed by atoms with Crippen molar-refractivity contribution in [1.29, 1.82) is 0 Å². The average Bonchev–Trinajstić information content (AvgIpc) is 3.18. The van der Waals surface area contributed by atoms with Crippen LogP contribution < -0.4 is 14.9 Å². The van der Waals surface area contributed by atoms with Gasteiger partial charge in [-0.05, 0) is 73.7 Å². The molecule has 38 heavy (non-hydrogen) atoms. The van der Waals surface area contributed by atoms with Crippen LogP contribution in [0.1, 0.15) is 71.1 Å². The molecular weight excluding hydrogens is 480 g/mol. The Labute approximate surface area is 222 Å². The maximum Gasteiger partial charge on any atom is 0.291 e. The van der Waals surface area contributed by atoms with E-state index in [1.807, 2.05) is 63.2 Å². The summed E-state index contributed by atoms with van der Waals surface area (Å²) in [7, 11) is 0. The lowest BCUT2D eigenvalue weighted by Gasteiger charge is -2.26. The Hall–Kier alpha value is -4.13. The minimum Gasteiger partial charge on any atom is -0.490 e. The summed E-state index contributed by atoms with van der Waals surface area (Å²) in [5, 5.41) is 0.479. The molecule has 5 rings (SSSR count). The van der Waals surface area contributed by atoms with Crippen molar-refractivity contribution >= 4 is 16.9 Å². The van der Waals surface area contributed by atoms with E-state index in [1.54, 1.807) is 17.3 Å². The molecule has 0 spiro atoms. The molecule has 7 nitrogen and oxygen atoms in total. The van der Waals surface area contributed by atoms with Crippen molar-refractivity contribution in [2.75, 3.05) is 13.2 Å². The fourth-order valence-corrected chi connectivity index (χ4v) is 5.08. The van der Waals surface area contributed by atoms with Gasteiger partial charge in [-0.1, -0.05) is 31.5 Å². The van der Waals surface area contributed by atoms with Gasteiger partial charge >= 0.3 is 0 Å². The first-order chi connectivity index (χ1) is 18.4. The molecule has 1 unspecified atom stereocenters. The van der Waals surface area contributed by atoms with Gasteiger partial charge < -0.3 is 18.8 Å². The number of hydrogen-bond donors (Lipinski definition) is 0. The van der Waals surface area contributed by atoms with Crippen LogP contribution in [0.4, 0.5) is 0 Å². The van der Waals surface area contributed by atoms with E-state index in [-0.39, 0.29) is 23.6 Å². The van der Waals surface area contributed by atoms with Crippen LogP contribution in [-0.4, -0.2) is 29.0 Å². The molecular formula is C31H32N2O5. The largest absolute Gasteiger partial charge is 0.490 e. The molecule has 0 radical (unpaired) electrons. The van der Waals surface area contributed by atoms with Crippen LogP contribution >= 0.6 is 0 Å². The standard InChI is InChI=1S/C31H32N2O5/c1-5-7-13-37-24-11-10-22(16-25(24)36-6-2)27-26-28(34)23-15-19(3)14-20(4)29(23)38-30(26)31(35)33(27)18-21-9-8-12-32-17-21/h8-12,14-17,27H,5-7,13,18H2,1-4H3. The summed E-state index contributed by atoms with van der Waals surface area (Å²) in [6.45, 7) is 9.17. The number of hydrogen-bond acceptors (Lipinski definition) is 6. The third kappa shape index (κ3) is 4.64. The molecule has 0 aliphatic carbocycles. The minimum absolute atomic E-state index is 0.0876. The zero-order valence-corrected chi connectivity index (χ0v) is 22.2. The number of carbonyl (C=O) groups excluding carboxylic acids is 1. The minimum atomic E-state index is -0.650. The summed E-state index contributed by atoms with van der Waals surface area (Å²) >= 11 is 0. The molecule has 1 aliphatic heterocycles. The van der Waals surface area contributed by atoms with E-state index in [9.17, 15) is 9.59 Å². The predicted molar refractivity (Wildman–Crippen MR) is 146 cm³/mol. The summed E-state index contributed by atoms with van der Waals surface area (Å²) in [5.74, 6) is 0.989. The molecule has 4 aromatic rings. The van der Waals surface area contributed by atoms with E-state index in [2.05, 4.69) is 11.9 Å². The third-order valence-electron chi connectivity index (χ3n) is 6.81. The Bertz CT molecular complexity index is 1540. The molecule has 7 heteroatoms. The van der Waals surface area contributed by atoms with E-state index in [1.165, 1.54) is 0 Å². The van der Waals surface area contributed by atoms with Crippen molar-refractivity contribution in [2.24, 2.45) is 0 Å². The van der Waals surface area contributed by atoms with Crippen LogP contribution in [0.25, 0.3) is 11.0 Å². The van der Waals surface area contributed by atoms with Gasteiger partial charge in [-0.2, -0.15) is 0 Å². The lowest BCUT2D eigenvalue weighted by atomic mass is 9.97. The SMILES string of the molecule is CCCCOc1ccc(C2c3c(oc4c(C)cc(C)cc4c3=O)C(=O)N2Cc2cccnc2)cc1OCC. The number of amides is 1. The zero-order chi connectivity index (χ0) is 26.8. The molecule has 3 heterocycles. The Morgan fingerprint density at radius 3 is 2.61 bits per heavy atom. The van der Waals surface area contributed by atoms with Gasteiger partial charge in [0.15, 0.2) is 16.9 Å². The first kappa shape index (κ1) is 25.5. The van der Waals surface area contributed by atoms with E-state index >= 15 is 0 Å². The van der Waals surface area contributed by atoms with Crippen molar-refractivity contribution in [3.63, 3.8) is 0 Å². The van der Waals surface area contributed by atoms with Crippen LogP contribution in [0.15, 0.2) is 64.1 Å². The lowest BCUT2D eigenvalue weighted by molar-refractivity contribution is 0.0714. The average molecular weight is 513 g/mol. The number of benzene rings is 2. The summed E-state index contributed by atoms with van der Waals surface area (Å²) in [4.78, 5) is 33.7. The van der Waals surface area contributed by atoms with Gasteiger partial charge in [0.05, 0.1) is 30.2 Å². The number of nitrogens with zero attached hydrogens (tertiary/aromatic N) is 2. The van der Waals surface area contributed by atoms with Crippen molar-refractivity contribution in [3.05, 3.63) is 98.7 Å². The second-order valence-electron chi connectivity index (χ2n) is 9.67. The maximum atomic E-state index is 14.0. The number of rotatable bonds is 9. The van der Waals surface area contributed by atoms with Gasteiger partial charge in [0.25, 0.3) is 5.91 Å². The second kappa shape index (κ2) is 10.7. The summed E-state index contributed by atoms with van der Waals surface area (Å²) in [5.41, 5.74) is 3.99. The van der Waals surface area contributed by atoms with Crippen LogP contribution in [0, 0.1) is 13.8 Å². The predicted octanol–water partition coefficient (Wildman–Crippen LogP) is 6.13. The normalized spacial score (nSPS) is 14.7. The number of aromatic nitrogens is 1. The van der Waals surface area contributed by atoms with Crippen LogP contribution in [0.2, 0.25) is 0 Å². The van der Waals surface area contributed by atoms with Crippen molar-refractivity contribution in [1.82, 2.24) is 9.88 Å². The van der Waals surface area contributed by atoms with E-state index in [0.29, 0.717) is 41.2 Å². The van der Waals surface area contributed by atoms with Crippen LogP contribution in [0.3, 0.4) is 0 Å². The lowest BCUT2D eigenvalue weighted by Crippen LogP contribution is -2.29. The highest BCUT2D eigenvalue weighted by Crippen LogP contribution is 2.42.